The number of aryl methyl sites for hydroxylation is 1. The van der Waals surface area contributed by atoms with Gasteiger partial charge in [-0.25, -0.2) is 9.97 Å². The number of fused-ring (bicyclic) bond motifs is 1. The van der Waals surface area contributed by atoms with E-state index in [9.17, 15) is 4.79 Å². The first kappa shape index (κ1) is 17.4. The van der Waals surface area contributed by atoms with Crippen LogP contribution in [0.1, 0.15) is 29.3 Å². The minimum Gasteiger partial charge on any atom is -0.467 e. The lowest BCUT2D eigenvalue weighted by atomic mass is 9.93. The third-order valence-electron chi connectivity index (χ3n) is 4.61. The van der Waals surface area contributed by atoms with E-state index < -0.39 is 0 Å². The zero-order valence-electron chi connectivity index (χ0n) is 15.0. The van der Waals surface area contributed by atoms with Gasteiger partial charge in [-0.1, -0.05) is 24.3 Å². The average Bonchev–Trinajstić information content (AvgIpc) is 2.63. The quantitative estimate of drug-likeness (QED) is 0.900. The van der Waals surface area contributed by atoms with Gasteiger partial charge < -0.3 is 10.1 Å². The molecule has 0 radical (unpaired) electrons. The van der Waals surface area contributed by atoms with E-state index in [2.05, 4.69) is 32.3 Å². The van der Waals surface area contributed by atoms with E-state index in [1.165, 1.54) is 11.1 Å². The van der Waals surface area contributed by atoms with Crippen LogP contribution in [-0.2, 0) is 24.3 Å². The summed E-state index contributed by atoms with van der Waals surface area (Å²) >= 11 is 0. The van der Waals surface area contributed by atoms with Gasteiger partial charge in [-0.05, 0) is 31.4 Å². The normalized spacial score (nSPS) is 17.0. The van der Waals surface area contributed by atoms with Crippen molar-refractivity contribution in [3.05, 3.63) is 52.8 Å². The number of nitrogens with one attached hydrogen (secondary N) is 1. The number of benzene rings is 1. The first-order valence-corrected chi connectivity index (χ1v) is 8.57. The van der Waals surface area contributed by atoms with Crippen molar-refractivity contribution >= 4 is 5.91 Å². The number of rotatable bonds is 5. The van der Waals surface area contributed by atoms with Gasteiger partial charge in [-0.15, -0.1) is 0 Å². The first-order valence-electron chi connectivity index (χ1n) is 8.57. The van der Waals surface area contributed by atoms with Crippen molar-refractivity contribution in [2.45, 2.75) is 39.4 Å². The molecule has 0 aliphatic carbocycles. The Kier molecular flexibility index (Phi) is 5.28. The maximum absolute atomic E-state index is 12.6. The van der Waals surface area contributed by atoms with Gasteiger partial charge in [0.1, 0.15) is 0 Å². The molecule has 0 unspecified atom stereocenters. The zero-order valence-corrected chi connectivity index (χ0v) is 15.0. The maximum atomic E-state index is 12.6. The molecule has 1 atom stereocenters. The molecule has 25 heavy (non-hydrogen) atoms. The predicted octanol–water partition coefficient (Wildman–Crippen LogP) is 1.86. The minimum atomic E-state index is -0.184. The van der Waals surface area contributed by atoms with Gasteiger partial charge in [-0.2, -0.15) is 0 Å². The van der Waals surface area contributed by atoms with Crippen LogP contribution in [0.3, 0.4) is 0 Å². The summed E-state index contributed by atoms with van der Waals surface area (Å²) < 4.78 is 5.08. The summed E-state index contributed by atoms with van der Waals surface area (Å²) in [5, 5.41) is 2.96. The van der Waals surface area contributed by atoms with Gasteiger partial charge >= 0.3 is 6.01 Å². The van der Waals surface area contributed by atoms with Crippen LogP contribution in [0.5, 0.6) is 6.01 Å². The number of carbonyl (C=O) groups is 1. The molecule has 2 aromatic rings. The van der Waals surface area contributed by atoms with E-state index in [0.717, 1.165) is 24.2 Å². The monoisotopic (exact) mass is 340 g/mol. The Morgan fingerprint density at radius 1 is 1.36 bits per heavy atom. The van der Waals surface area contributed by atoms with Crippen molar-refractivity contribution in [3.63, 3.8) is 0 Å². The third kappa shape index (κ3) is 3.79. The van der Waals surface area contributed by atoms with E-state index in [1.807, 2.05) is 26.0 Å². The number of hydrogen-bond acceptors (Lipinski definition) is 5. The van der Waals surface area contributed by atoms with Gasteiger partial charge in [0.2, 0.25) is 5.91 Å². The van der Waals surface area contributed by atoms with E-state index in [-0.39, 0.29) is 11.9 Å². The summed E-state index contributed by atoms with van der Waals surface area (Å²) in [5.74, 6) is 0.0732. The highest BCUT2D eigenvalue weighted by Crippen LogP contribution is 2.25. The maximum Gasteiger partial charge on any atom is 0.316 e. The predicted molar refractivity (Wildman–Crippen MR) is 95.2 cm³/mol. The van der Waals surface area contributed by atoms with Crippen LogP contribution in [0.25, 0.3) is 0 Å². The van der Waals surface area contributed by atoms with Gasteiger partial charge in [0.25, 0.3) is 0 Å². The molecule has 6 nitrogen and oxygen atoms in total. The molecular weight excluding hydrogens is 316 g/mol. The van der Waals surface area contributed by atoms with E-state index in [1.54, 1.807) is 13.3 Å². The Morgan fingerprint density at radius 2 is 2.12 bits per heavy atom. The molecule has 2 heterocycles. The number of likely N-dealkylation sites (N-methyl/N-ethyl adjacent to an activating group) is 1. The summed E-state index contributed by atoms with van der Waals surface area (Å²) in [4.78, 5) is 23.4. The molecule has 6 heteroatoms. The molecule has 0 spiro atoms. The summed E-state index contributed by atoms with van der Waals surface area (Å²) in [7, 11) is 1.56. The molecule has 1 aliphatic heterocycles. The van der Waals surface area contributed by atoms with Crippen LogP contribution >= 0.6 is 0 Å². The van der Waals surface area contributed by atoms with Crippen molar-refractivity contribution in [1.29, 1.82) is 0 Å². The minimum absolute atomic E-state index is 0.0732. The molecule has 0 saturated heterocycles. The molecular formula is C19H24N4O2. The topological polar surface area (TPSA) is 67.4 Å². The van der Waals surface area contributed by atoms with Gasteiger partial charge in [-0.3, -0.25) is 9.69 Å². The molecule has 3 rings (SSSR count). The van der Waals surface area contributed by atoms with Gasteiger partial charge in [0.05, 0.1) is 13.2 Å². The van der Waals surface area contributed by atoms with Crippen LogP contribution in [0.4, 0.5) is 0 Å². The fourth-order valence-corrected chi connectivity index (χ4v) is 3.24. The standard InChI is InChI=1S/C19H24N4O2/c1-4-20-18(24)17-9-14-7-5-6-8-15(14)11-23(17)12-16-10-21-19(25-3)22-13(16)2/h5-8,10,17H,4,9,11-12H2,1-3H3,(H,20,24)/t17-/m1/s1. The fourth-order valence-electron chi connectivity index (χ4n) is 3.24. The van der Waals surface area contributed by atoms with Crippen molar-refractivity contribution in [2.75, 3.05) is 13.7 Å². The molecule has 1 aliphatic rings. The SMILES string of the molecule is CCNC(=O)[C@H]1Cc2ccccc2CN1Cc1cnc(OC)nc1C. The van der Waals surface area contributed by atoms with Crippen LogP contribution in [0.15, 0.2) is 30.5 Å². The number of ether oxygens (including phenoxy) is 1. The van der Waals surface area contributed by atoms with Crippen molar-refractivity contribution in [2.24, 2.45) is 0 Å². The smallest absolute Gasteiger partial charge is 0.316 e. The lowest BCUT2D eigenvalue weighted by Crippen LogP contribution is -2.49. The molecule has 1 N–H and O–H groups in total. The second-order valence-corrected chi connectivity index (χ2v) is 6.26. The average molecular weight is 340 g/mol. The van der Waals surface area contributed by atoms with Crippen LogP contribution < -0.4 is 10.1 Å². The molecule has 0 saturated carbocycles. The van der Waals surface area contributed by atoms with Crippen LogP contribution in [-0.4, -0.2) is 40.5 Å². The van der Waals surface area contributed by atoms with Gasteiger partial charge in [0, 0.05) is 37.1 Å². The Labute approximate surface area is 148 Å². The Hall–Kier alpha value is -2.47. The lowest BCUT2D eigenvalue weighted by Gasteiger charge is -2.36. The highest BCUT2D eigenvalue weighted by molar-refractivity contribution is 5.82. The second-order valence-electron chi connectivity index (χ2n) is 6.26. The second kappa shape index (κ2) is 7.61. The first-order chi connectivity index (χ1) is 12.1. The molecule has 1 amide bonds. The summed E-state index contributed by atoms with van der Waals surface area (Å²) in [6.45, 7) is 5.89. The number of nitrogens with zero attached hydrogens (tertiary/aromatic N) is 3. The van der Waals surface area contributed by atoms with Crippen molar-refractivity contribution in [3.8, 4) is 6.01 Å². The summed E-state index contributed by atoms with van der Waals surface area (Å²) in [6.07, 6.45) is 2.51. The molecule has 0 fully saturated rings. The zero-order chi connectivity index (χ0) is 17.8. The largest absolute Gasteiger partial charge is 0.467 e. The number of hydrogen-bond donors (Lipinski definition) is 1. The molecule has 1 aromatic heterocycles. The number of aromatic nitrogens is 2. The summed E-state index contributed by atoms with van der Waals surface area (Å²) in [6, 6.07) is 8.51. The highest BCUT2D eigenvalue weighted by Gasteiger charge is 2.31. The lowest BCUT2D eigenvalue weighted by molar-refractivity contribution is -0.127. The summed E-state index contributed by atoms with van der Waals surface area (Å²) in [5.41, 5.74) is 4.41. The van der Waals surface area contributed by atoms with Crippen molar-refractivity contribution < 1.29 is 9.53 Å². The number of carbonyl (C=O) groups excluding carboxylic acids is 1. The number of amides is 1. The Balaban J connectivity index is 1.87. The van der Waals surface area contributed by atoms with Crippen LogP contribution in [0, 0.1) is 6.92 Å². The van der Waals surface area contributed by atoms with Crippen LogP contribution in [0.2, 0.25) is 0 Å². The Morgan fingerprint density at radius 3 is 2.80 bits per heavy atom. The molecule has 132 valence electrons. The van der Waals surface area contributed by atoms with E-state index in [4.69, 9.17) is 4.74 Å². The Bertz CT molecular complexity index is 763. The highest BCUT2D eigenvalue weighted by atomic mass is 16.5. The van der Waals surface area contributed by atoms with Crippen molar-refractivity contribution in [1.82, 2.24) is 20.2 Å². The van der Waals surface area contributed by atoms with E-state index >= 15 is 0 Å². The fraction of sp³-hybridized carbons (Fsp3) is 0.421. The third-order valence-corrected chi connectivity index (χ3v) is 4.61. The van der Waals surface area contributed by atoms with Gasteiger partial charge in [0.15, 0.2) is 0 Å². The van der Waals surface area contributed by atoms with E-state index in [0.29, 0.717) is 19.1 Å². The molecule has 1 aromatic carbocycles. The molecule has 0 bridgehead atoms. The number of methoxy groups -OCH3 is 1.